The van der Waals surface area contributed by atoms with E-state index >= 15 is 0 Å². The minimum absolute atomic E-state index is 0.174. The molecule has 3 heterocycles. The van der Waals surface area contributed by atoms with Gasteiger partial charge in [-0.05, 0) is 26.7 Å². The molecule has 1 fully saturated rings. The minimum atomic E-state index is -3.06. The van der Waals surface area contributed by atoms with E-state index in [4.69, 9.17) is 0 Å². The summed E-state index contributed by atoms with van der Waals surface area (Å²) in [5.74, 6) is 1.28. The van der Waals surface area contributed by atoms with Crippen LogP contribution in [0.5, 0.6) is 0 Å². The Bertz CT molecular complexity index is 712. The number of rotatable bonds is 3. The van der Waals surface area contributed by atoms with Crippen LogP contribution < -0.4 is 0 Å². The van der Waals surface area contributed by atoms with Crippen molar-refractivity contribution in [1.29, 1.82) is 0 Å². The molecule has 0 N–H and O–H groups in total. The highest BCUT2D eigenvalue weighted by molar-refractivity contribution is 7.89. The standard InChI is InChI=1S/C11H17N5O2S2/c1-3-20(17,18)15-6-4-9(5-7-15)10-14-16-8(2)12-13-11(16)19-10/h9H,3-7H2,1-2H3. The lowest BCUT2D eigenvalue weighted by atomic mass is 9.99. The van der Waals surface area contributed by atoms with Crippen LogP contribution in [-0.4, -0.2) is 51.4 Å². The second kappa shape index (κ2) is 5.05. The molecule has 9 heteroatoms. The van der Waals surface area contributed by atoms with Gasteiger partial charge in [-0.3, -0.25) is 0 Å². The second-order valence-corrected chi connectivity index (χ2v) is 8.20. The van der Waals surface area contributed by atoms with Crippen LogP contribution in [0.4, 0.5) is 0 Å². The number of fused-ring (bicyclic) bond motifs is 1. The van der Waals surface area contributed by atoms with Crippen LogP contribution in [0.15, 0.2) is 0 Å². The van der Waals surface area contributed by atoms with E-state index in [2.05, 4.69) is 15.3 Å². The largest absolute Gasteiger partial charge is 0.234 e. The highest BCUT2D eigenvalue weighted by Crippen LogP contribution is 2.31. The summed E-state index contributed by atoms with van der Waals surface area (Å²) in [6, 6.07) is 0. The van der Waals surface area contributed by atoms with E-state index in [1.165, 1.54) is 0 Å². The molecular weight excluding hydrogens is 298 g/mol. The van der Waals surface area contributed by atoms with Crippen molar-refractivity contribution in [2.45, 2.75) is 32.6 Å². The third kappa shape index (κ3) is 2.33. The Kier molecular flexibility index (Phi) is 3.51. The van der Waals surface area contributed by atoms with Gasteiger partial charge in [-0.1, -0.05) is 11.3 Å². The molecule has 0 bridgehead atoms. The van der Waals surface area contributed by atoms with Crippen molar-refractivity contribution in [3.05, 3.63) is 10.8 Å². The zero-order valence-electron chi connectivity index (χ0n) is 11.5. The molecule has 1 aliphatic rings. The zero-order valence-corrected chi connectivity index (χ0v) is 13.1. The van der Waals surface area contributed by atoms with Crippen molar-refractivity contribution < 1.29 is 8.42 Å². The number of nitrogens with zero attached hydrogens (tertiary/aromatic N) is 5. The Morgan fingerprint density at radius 1 is 1.30 bits per heavy atom. The lowest BCUT2D eigenvalue weighted by molar-refractivity contribution is 0.318. The first-order chi connectivity index (χ1) is 9.51. The summed E-state index contributed by atoms with van der Waals surface area (Å²) < 4.78 is 27.0. The van der Waals surface area contributed by atoms with E-state index < -0.39 is 10.0 Å². The first-order valence-electron chi connectivity index (χ1n) is 6.68. The predicted molar refractivity (Wildman–Crippen MR) is 76.4 cm³/mol. The van der Waals surface area contributed by atoms with Crippen molar-refractivity contribution in [3.8, 4) is 0 Å². The summed E-state index contributed by atoms with van der Waals surface area (Å²) in [7, 11) is -3.06. The van der Waals surface area contributed by atoms with Crippen LogP contribution in [0.25, 0.3) is 4.96 Å². The lowest BCUT2D eigenvalue weighted by Crippen LogP contribution is -2.38. The van der Waals surface area contributed by atoms with Crippen LogP contribution in [-0.2, 0) is 10.0 Å². The molecule has 0 unspecified atom stereocenters. The van der Waals surface area contributed by atoms with Gasteiger partial charge in [0.25, 0.3) is 0 Å². The second-order valence-electron chi connectivity index (χ2n) is 4.96. The quantitative estimate of drug-likeness (QED) is 0.845. The van der Waals surface area contributed by atoms with E-state index in [1.807, 2.05) is 6.92 Å². The van der Waals surface area contributed by atoms with Gasteiger partial charge in [0, 0.05) is 19.0 Å². The average molecular weight is 315 g/mol. The Balaban J connectivity index is 1.75. The molecular formula is C11H17N5O2S2. The van der Waals surface area contributed by atoms with Gasteiger partial charge in [0.15, 0.2) is 5.82 Å². The van der Waals surface area contributed by atoms with Gasteiger partial charge in [-0.15, -0.1) is 10.2 Å². The first-order valence-corrected chi connectivity index (χ1v) is 9.10. The van der Waals surface area contributed by atoms with E-state index in [9.17, 15) is 8.42 Å². The van der Waals surface area contributed by atoms with Crippen molar-refractivity contribution in [3.63, 3.8) is 0 Å². The van der Waals surface area contributed by atoms with Crippen molar-refractivity contribution in [1.82, 2.24) is 24.1 Å². The molecule has 1 aliphatic heterocycles. The van der Waals surface area contributed by atoms with E-state index in [0.717, 1.165) is 28.6 Å². The van der Waals surface area contributed by atoms with Gasteiger partial charge in [-0.2, -0.15) is 9.61 Å². The van der Waals surface area contributed by atoms with Gasteiger partial charge in [0.05, 0.1) is 5.75 Å². The summed E-state index contributed by atoms with van der Waals surface area (Å²) in [5.41, 5.74) is 0. The SMILES string of the molecule is CCS(=O)(=O)N1CCC(c2nn3c(C)nnc3s2)CC1. The van der Waals surface area contributed by atoms with Crippen LogP contribution in [0, 0.1) is 6.92 Å². The summed E-state index contributed by atoms with van der Waals surface area (Å²) in [6.45, 7) is 4.73. The fraction of sp³-hybridized carbons (Fsp3) is 0.727. The van der Waals surface area contributed by atoms with Gasteiger partial charge >= 0.3 is 0 Å². The summed E-state index contributed by atoms with van der Waals surface area (Å²) >= 11 is 1.55. The van der Waals surface area contributed by atoms with Crippen LogP contribution in [0.3, 0.4) is 0 Å². The fourth-order valence-corrected chi connectivity index (χ4v) is 4.64. The van der Waals surface area contributed by atoms with Crippen LogP contribution in [0.2, 0.25) is 0 Å². The number of hydrogen-bond donors (Lipinski definition) is 0. The minimum Gasteiger partial charge on any atom is -0.212 e. The molecule has 0 atom stereocenters. The van der Waals surface area contributed by atoms with Gasteiger partial charge < -0.3 is 0 Å². The van der Waals surface area contributed by atoms with Crippen LogP contribution >= 0.6 is 11.3 Å². The molecule has 0 radical (unpaired) electrons. The van der Waals surface area contributed by atoms with E-state index in [-0.39, 0.29) is 5.75 Å². The molecule has 7 nitrogen and oxygen atoms in total. The molecule has 2 aromatic rings. The Morgan fingerprint density at radius 3 is 2.60 bits per heavy atom. The van der Waals surface area contributed by atoms with Crippen molar-refractivity contribution >= 4 is 26.3 Å². The van der Waals surface area contributed by atoms with Gasteiger partial charge in [0.1, 0.15) is 5.01 Å². The smallest absolute Gasteiger partial charge is 0.212 e. The number of piperidine rings is 1. The topological polar surface area (TPSA) is 80.5 Å². The monoisotopic (exact) mass is 315 g/mol. The number of aromatic nitrogens is 4. The highest BCUT2D eigenvalue weighted by Gasteiger charge is 2.29. The van der Waals surface area contributed by atoms with Gasteiger partial charge in [-0.25, -0.2) is 12.7 Å². The molecule has 0 saturated carbocycles. The van der Waals surface area contributed by atoms with Gasteiger partial charge in [0.2, 0.25) is 15.0 Å². The normalized spacial score (nSPS) is 18.9. The summed E-state index contributed by atoms with van der Waals surface area (Å²) in [4.78, 5) is 0.807. The molecule has 3 rings (SSSR count). The average Bonchev–Trinajstić information content (AvgIpc) is 3.02. The zero-order chi connectivity index (χ0) is 14.3. The summed E-state index contributed by atoms with van der Waals surface area (Å²) in [6.07, 6.45) is 1.64. The number of hydrogen-bond acceptors (Lipinski definition) is 6. The number of aryl methyl sites for hydroxylation is 1. The lowest BCUT2D eigenvalue weighted by Gasteiger charge is -2.29. The maximum absolute atomic E-state index is 11.8. The summed E-state index contributed by atoms with van der Waals surface area (Å²) in [5, 5.41) is 13.6. The molecule has 2 aromatic heterocycles. The number of sulfonamides is 1. The van der Waals surface area contributed by atoms with Crippen molar-refractivity contribution in [2.75, 3.05) is 18.8 Å². The molecule has 110 valence electrons. The highest BCUT2D eigenvalue weighted by atomic mass is 32.2. The molecule has 20 heavy (non-hydrogen) atoms. The van der Waals surface area contributed by atoms with E-state index in [1.54, 1.807) is 27.1 Å². The fourth-order valence-electron chi connectivity index (χ4n) is 2.46. The van der Waals surface area contributed by atoms with E-state index in [0.29, 0.717) is 19.0 Å². The Morgan fingerprint density at radius 2 is 2.00 bits per heavy atom. The maximum Gasteiger partial charge on any atom is 0.234 e. The van der Waals surface area contributed by atoms with Crippen LogP contribution in [0.1, 0.15) is 36.5 Å². The molecule has 0 aromatic carbocycles. The first kappa shape index (κ1) is 13.9. The predicted octanol–water partition coefficient (Wildman–Crippen LogP) is 1.02. The molecule has 0 amide bonds. The maximum atomic E-state index is 11.8. The molecule has 0 spiro atoms. The molecule has 0 aliphatic carbocycles. The Labute approximate surface area is 121 Å². The molecule has 1 saturated heterocycles. The Hall–Kier alpha value is -1.06. The van der Waals surface area contributed by atoms with Crippen molar-refractivity contribution in [2.24, 2.45) is 0 Å². The third-order valence-electron chi connectivity index (χ3n) is 3.72. The third-order valence-corrected chi connectivity index (χ3v) is 6.67.